The molecule has 0 aliphatic carbocycles. The zero-order valence-electron chi connectivity index (χ0n) is 18.6. The van der Waals surface area contributed by atoms with Gasteiger partial charge in [0, 0.05) is 29.7 Å². The Morgan fingerprint density at radius 3 is 2.52 bits per heavy atom. The van der Waals surface area contributed by atoms with Crippen LogP contribution in [0, 0.1) is 0 Å². The van der Waals surface area contributed by atoms with Crippen molar-refractivity contribution in [2.24, 2.45) is 5.73 Å². The Labute approximate surface area is 202 Å². The van der Waals surface area contributed by atoms with Crippen LogP contribution in [0.15, 0.2) is 77.4 Å². The van der Waals surface area contributed by atoms with Crippen LogP contribution in [0.25, 0.3) is 0 Å². The number of carbonyl (C=O) groups is 1. The first kappa shape index (κ1) is 22.9. The summed E-state index contributed by atoms with van der Waals surface area (Å²) in [5.74, 6) is 1.07. The lowest BCUT2D eigenvalue weighted by Gasteiger charge is -2.28. The van der Waals surface area contributed by atoms with Gasteiger partial charge in [-0.25, -0.2) is 4.98 Å². The van der Waals surface area contributed by atoms with E-state index in [-0.39, 0.29) is 18.0 Å². The van der Waals surface area contributed by atoms with Crippen molar-refractivity contribution in [1.82, 2.24) is 9.97 Å². The highest BCUT2D eigenvalue weighted by atomic mass is 79.9. The van der Waals surface area contributed by atoms with Crippen molar-refractivity contribution in [3.05, 3.63) is 83.0 Å². The molecule has 2 aromatic carbocycles. The number of hydrogen-bond acceptors (Lipinski definition) is 6. The van der Waals surface area contributed by atoms with Crippen molar-refractivity contribution < 1.29 is 4.79 Å². The lowest BCUT2D eigenvalue weighted by atomic mass is 10.1. The molecule has 0 saturated heterocycles. The van der Waals surface area contributed by atoms with Crippen molar-refractivity contribution >= 4 is 45.0 Å². The van der Waals surface area contributed by atoms with E-state index < -0.39 is 6.04 Å². The Hall–Kier alpha value is -3.23. The van der Waals surface area contributed by atoms with Crippen molar-refractivity contribution in [2.75, 3.05) is 15.5 Å². The molecule has 0 spiro atoms. The van der Waals surface area contributed by atoms with Gasteiger partial charge in [-0.3, -0.25) is 4.79 Å². The largest absolute Gasteiger partial charge is 0.343 e. The second-order valence-electron chi connectivity index (χ2n) is 8.13. The van der Waals surface area contributed by atoms with Crippen LogP contribution in [0.5, 0.6) is 0 Å². The van der Waals surface area contributed by atoms with Gasteiger partial charge in [0.25, 0.3) is 0 Å². The van der Waals surface area contributed by atoms with Crippen molar-refractivity contribution in [2.45, 2.75) is 38.4 Å². The molecule has 8 heteroatoms. The minimum Gasteiger partial charge on any atom is -0.343 e. The molecule has 3 atom stereocenters. The molecular weight excluding hydrogens is 480 g/mol. The molecule has 1 aromatic heterocycles. The van der Waals surface area contributed by atoms with Gasteiger partial charge in [-0.2, -0.15) is 4.98 Å². The van der Waals surface area contributed by atoms with Gasteiger partial charge in [0.15, 0.2) is 0 Å². The summed E-state index contributed by atoms with van der Waals surface area (Å²) in [7, 11) is 0. The first-order chi connectivity index (χ1) is 15.9. The molecule has 4 N–H and O–H groups in total. The average Bonchev–Trinajstić information content (AvgIpc) is 3.14. The zero-order chi connectivity index (χ0) is 23.4. The van der Waals surface area contributed by atoms with Crippen LogP contribution in [0.4, 0.5) is 23.1 Å². The fraction of sp³-hybridized carbons (Fsp3) is 0.240. The van der Waals surface area contributed by atoms with Gasteiger partial charge in [-0.05, 0) is 60.0 Å². The molecule has 170 valence electrons. The van der Waals surface area contributed by atoms with E-state index in [9.17, 15) is 4.79 Å². The van der Waals surface area contributed by atoms with E-state index >= 15 is 0 Å². The summed E-state index contributed by atoms with van der Waals surface area (Å²) < 4.78 is 0.837. The van der Waals surface area contributed by atoms with Gasteiger partial charge < -0.3 is 21.3 Å². The summed E-state index contributed by atoms with van der Waals surface area (Å²) in [5.41, 5.74) is 8.55. The number of hydrogen-bond donors (Lipinski definition) is 3. The molecule has 1 aliphatic heterocycles. The van der Waals surface area contributed by atoms with Crippen LogP contribution < -0.4 is 21.3 Å². The van der Waals surface area contributed by atoms with Crippen LogP contribution in [-0.2, 0) is 11.2 Å². The average molecular weight is 507 g/mol. The molecule has 1 amide bonds. The molecule has 0 fully saturated rings. The van der Waals surface area contributed by atoms with Crippen molar-refractivity contribution in [3.63, 3.8) is 0 Å². The number of nitrogens with two attached hydrogens (primary N) is 1. The molecule has 1 aliphatic rings. The number of nitrogens with one attached hydrogen (secondary N) is 2. The van der Waals surface area contributed by atoms with Crippen LogP contribution >= 0.6 is 15.9 Å². The third-order valence-electron chi connectivity index (χ3n) is 5.54. The van der Waals surface area contributed by atoms with E-state index in [1.165, 1.54) is 0 Å². The lowest BCUT2D eigenvalue weighted by Crippen LogP contribution is -2.37. The number of halogens is 1. The van der Waals surface area contributed by atoms with E-state index in [4.69, 9.17) is 10.7 Å². The molecule has 4 rings (SSSR count). The van der Waals surface area contributed by atoms with E-state index in [1.54, 1.807) is 6.20 Å². The van der Waals surface area contributed by atoms with Gasteiger partial charge in [0.05, 0.1) is 10.5 Å². The Balaban J connectivity index is 1.44. The maximum Gasteiger partial charge on any atom is 0.241 e. The summed E-state index contributed by atoms with van der Waals surface area (Å²) in [6.45, 7) is 4.27. The van der Waals surface area contributed by atoms with Gasteiger partial charge in [0.1, 0.15) is 5.82 Å². The van der Waals surface area contributed by atoms with Crippen LogP contribution in [0.2, 0.25) is 0 Å². The number of aromatic nitrogens is 2. The Morgan fingerprint density at radius 1 is 1.09 bits per heavy atom. The molecular formula is C25H27BrN6O. The molecule has 3 unspecified atom stereocenters. The Kier molecular flexibility index (Phi) is 7.05. The fourth-order valence-corrected chi connectivity index (χ4v) is 4.26. The third kappa shape index (κ3) is 5.58. The van der Waals surface area contributed by atoms with Gasteiger partial charge in [0.2, 0.25) is 11.9 Å². The predicted molar refractivity (Wildman–Crippen MR) is 137 cm³/mol. The minimum absolute atomic E-state index is 0.234. The number of nitrogens with zero attached hydrogens (tertiary/aromatic N) is 3. The van der Waals surface area contributed by atoms with Crippen LogP contribution in [0.1, 0.15) is 19.4 Å². The lowest BCUT2D eigenvalue weighted by molar-refractivity contribution is -0.117. The van der Waals surface area contributed by atoms with Gasteiger partial charge >= 0.3 is 0 Å². The SMILES string of the molecule is CC1C=CC(C)N1c1nc(Nc2cccc(NC(=O)C(N)Cc3ccccc3)c2)ncc1Br. The fourth-order valence-electron chi connectivity index (χ4n) is 3.86. The zero-order valence-corrected chi connectivity index (χ0v) is 20.2. The van der Waals surface area contributed by atoms with Crippen molar-refractivity contribution in [3.8, 4) is 0 Å². The van der Waals surface area contributed by atoms with Gasteiger partial charge in [-0.1, -0.05) is 48.6 Å². The molecule has 0 radical (unpaired) electrons. The van der Waals surface area contributed by atoms with E-state index in [0.29, 0.717) is 18.1 Å². The van der Waals surface area contributed by atoms with Gasteiger partial charge in [-0.15, -0.1) is 0 Å². The van der Waals surface area contributed by atoms with Crippen LogP contribution in [0.3, 0.4) is 0 Å². The molecule has 0 saturated carbocycles. The first-order valence-corrected chi connectivity index (χ1v) is 11.7. The number of amides is 1. The number of benzene rings is 2. The Morgan fingerprint density at radius 2 is 1.79 bits per heavy atom. The summed E-state index contributed by atoms with van der Waals surface area (Å²) in [5, 5.41) is 6.13. The summed E-state index contributed by atoms with van der Waals surface area (Å²) in [6, 6.07) is 17.0. The summed E-state index contributed by atoms with van der Waals surface area (Å²) >= 11 is 3.58. The normalized spacial score (nSPS) is 18.2. The second kappa shape index (κ2) is 10.1. The number of carbonyl (C=O) groups excluding carboxylic acids is 1. The highest BCUT2D eigenvalue weighted by Crippen LogP contribution is 2.31. The second-order valence-corrected chi connectivity index (χ2v) is 8.98. The monoisotopic (exact) mass is 506 g/mol. The van der Waals surface area contributed by atoms with E-state index in [2.05, 4.69) is 62.4 Å². The maximum absolute atomic E-state index is 12.6. The minimum atomic E-state index is -0.639. The number of anilines is 4. The first-order valence-electron chi connectivity index (χ1n) is 10.9. The highest BCUT2D eigenvalue weighted by molar-refractivity contribution is 9.10. The Bertz CT molecular complexity index is 1140. The highest BCUT2D eigenvalue weighted by Gasteiger charge is 2.26. The standard InChI is InChI=1S/C25H27BrN6O/c1-16-11-12-17(2)32(16)23-21(26)15-28-25(31-23)30-20-10-6-9-19(14-20)29-24(33)22(27)13-18-7-4-3-5-8-18/h3-12,14-17,22H,13,27H2,1-2H3,(H,29,33)(H,28,30,31). The quantitative estimate of drug-likeness (QED) is 0.403. The molecule has 3 aromatic rings. The summed E-state index contributed by atoms with van der Waals surface area (Å²) in [6.07, 6.45) is 6.56. The molecule has 2 heterocycles. The van der Waals surface area contributed by atoms with Crippen LogP contribution in [-0.4, -0.2) is 34.0 Å². The summed E-state index contributed by atoms with van der Waals surface area (Å²) in [4.78, 5) is 23.9. The molecule has 0 bridgehead atoms. The third-order valence-corrected chi connectivity index (χ3v) is 6.10. The predicted octanol–water partition coefficient (Wildman–Crippen LogP) is 4.64. The smallest absolute Gasteiger partial charge is 0.241 e. The van der Waals surface area contributed by atoms with E-state index in [0.717, 1.165) is 21.5 Å². The number of rotatable bonds is 7. The van der Waals surface area contributed by atoms with E-state index in [1.807, 2.05) is 54.6 Å². The van der Waals surface area contributed by atoms with Crippen molar-refractivity contribution in [1.29, 1.82) is 0 Å². The maximum atomic E-state index is 12.6. The molecule has 33 heavy (non-hydrogen) atoms. The molecule has 7 nitrogen and oxygen atoms in total. The topological polar surface area (TPSA) is 96.2 Å².